The van der Waals surface area contributed by atoms with Gasteiger partial charge in [0.05, 0.1) is 11.8 Å². The largest absolute Gasteiger partial charge is 0.381 e. The van der Waals surface area contributed by atoms with Crippen LogP contribution in [0.2, 0.25) is 0 Å². The number of halogens is 1. The Morgan fingerprint density at radius 1 is 1.19 bits per heavy atom. The molecule has 1 saturated carbocycles. The lowest BCUT2D eigenvalue weighted by atomic mass is 9.95. The molecule has 1 aromatic rings. The molecule has 1 aliphatic carbocycles. The van der Waals surface area contributed by atoms with E-state index in [4.69, 9.17) is 4.74 Å². The first-order chi connectivity index (χ1) is 7.78. The minimum atomic E-state index is -0.216. The van der Waals surface area contributed by atoms with E-state index in [2.05, 4.69) is 4.99 Å². The fourth-order valence-electron chi connectivity index (χ4n) is 1.97. The third kappa shape index (κ3) is 2.89. The van der Waals surface area contributed by atoms with Gasteiger partial charge in [0.15, 0.2) is 0 Å². The highest BCUT2D eigenvalue weighted by molar-refractivity contribution is 5.87. The molecule has 0 saturated heterocycles. The summed E-state index contributed by atoms with van der Waals surface area (Å²) >= 11 is 0. The van der Waals surface area contributed by atoms with E-state index in [0.717, 1.165) is 31.4 Å². The lowest BCUT2D eigenvalue weighted by Gasteiger charge is -2.21. The Hall–Kier alpha value is -1.22. The van der Waals surface area contributed by atoms with Gasteiger partial charge in [-0.2, -0.15) is 0 Å². The maximum atomic E-state index is 12.7. The van der Waals surface area contributed by atoms with Gasteiger partial charge in [-0.25, -0.2) is 4.39 Å². The summed E-state index contributed by atoms with van der Waals surface area (Å²) in [5.41, 5.74) is 2.03. The molecule has 2 nitrogen and oxygen atoms in total. The maximum Gasteiger partial charge on any atom is 0.123 e. The van der Waals surface area contributed by atoms with Gasteiger partial charge in [0.1, 0.15) is 5.82 Å². The first-order valence-electron chi connectivity index (χ1n) is 5.63. The second-order valence-corrected chi connectivity index (χ2v) is 4.09. The summed E-state index contributed by atoms with van der Waals surface area (Å²) < 4.78 is 18.0. The fourth-order valence-corrected chi connectivity index (χ4v) is 1.97. The quantitative estimate of drug-likeness (QED) is 0.749. The average molecular weight is 221 g/mol. The molecule has 0 bridgehead atoms. The molecule has 0 heterocycles. The molecule has 0 aliphatic heterocycles. The third-order valence-electron chi connectivity index (χ3n) is 2.96. The number of nitrogens with zero attached hydrogens (tertiary/aromatic N) is 1. The molecule has 2 rings (SSSR count). The monoisotopic (exact) mass is 221 g/mol. The van der Waals surface area contributed by atoms with Gasteiger partial charge in [0.25, 0.3) is 0 Å². The average Bonchev–Trinajstić information content (AvgIpc) is 2.33. The Bertz CT molecular complexity index is 362. The van der Waals surface area contributed by atoms with E-state index in [1.807, 2.05) is 0 Å². The number of aliphatic imine (C=N–C) groups is 1. The lowest BCUT2D eigenvalue weighted by Crippen LogP contribution is -2.19. The van der Waals surface area contributed by atoms with Gasteiger partial charge in [-0.3, -0.25) is 4.99 Å². The Labute approximate surface area is 95.2 Å². The van der Waals surface area contributed by atoms with Crippen LogP contribution in [-0.2, 0) is 4.74 Å². The normalized spacial score (nSPS) is 20.9. The summed E-state index contributed by atoms with van der Waals surface area (Å²) in [6.45, 7) is 0. The van der Waals surface area contributed by atoms with Crippen LogP contribution in [0.1, 0.15) is 25.7 Å². The van der Waals surface area contributed by atoms with E-state index < -0.39 is 0 Å². The first-order valence-corrected chi connectivity index (χ1v) is 5.63. The molecule has 0 unspecified atom stereocenters. The molecule has 0 aromatic heterocycles. The Morgan fingerprint density at radius 3 is 2.38 bits per heavy atom. The molecular formula is C13H16FNO. The zero-order valence-electron chi connectivity index (χ0n) is 9.45. The molecule has 16 heavy (non-hydrogen) atoms. The van der Waals surface area contributed by atoms with E-state index in [-0.39, 0.29) is 5.82 Å². The zero-order valence-corrected chi connectivity index (χ0v) is 9.45. The Balaban J connectivity index is 2.00. The summed E-state index contributed by atoms with van der Waals surface area (Å²) in [4.78, 5) is 4.52. The van der Waals surface area contributed by atoms with Gasteiger partial charge in [0, 0.05) is 12.8 Å². The number of benzene rings is 1. The molecule has 0 N–H and O–H groups in total. The third-order valence-corrected chi connectivity index (χ3v) is 2.96. The summed E-state index contributed by atoms with van der Waals surface area (Å²) in [7, 11) is 1.76. The number of rotatable bonds is 2. The van der Waals surface area contributed by atoms with E-state index in [0.29, 0.717) is 6.10 Å². The molecule has 1 aromatic carbocycles. The fraction of sp³-hybridized carbons (Fsp3) is 0.462. The molecule has 86 valence electrons. The number of hydrogen-bond donors (Lipinski definition) is 0. The van der Waals surface area contributed by atoms with E-state index in [1.165, 1.54) is 17.8 Å². The van der Waals surface area contributed by atoms with Crippen molar-refractivity contribution in [2.45, 2.75) is 31.8 Å². The number of methoxy groups -OCH3 is 1. The number of ether oxygens (including phenoxy) is 1. The van der Waals surface area contributed by atoms with Crippen LogP contribution in [0.4, 0.5) is 10.1 Å². The minimum Gasteiger partial charge on any atom is -0.381 e. The minimum absolute atomic E-state index is 0.216. The standard InChI is InChI=1S/C13H16FNO/c1-16-13-8-6-12(7-9-13)15-11-4-2-10(14)3-5-11/h2-5,13H,6-9H2,1H3. The Morgan fingerprint density at radius 2 is 1.81 bits per heavy atom. The van der Waals surface area contributed by atoms with Crippen molar-refractivity contribution in [1.82, 2.24) is 0 Å². The molecule has 1 fully saturated rings. The highest BCUT2D eigenvalue weighted by Crippen LogP contribution is 2.21. The van der Waals surface area contributed by atoms with Gasteiger partial charge >= 0.3 is 0 Å². The van der Waals surface area contributed by atoms with Crippen LogP contribution in [0, 0.1) is 5.82 Å². The van der Waals surface area contributed by atoms with Crippen LogP contribution in [0.3, 0.4) is 0 Å². The van der Waals surface area contributed by atoms with Crippen molar-refractivity contribution < 1.29 is 9.13 Å². The van der Waals surface area contributed by atoms with Gasteiger partial charge in [-0.1, -0.05) is 0 Å². The van der Waals surface area contributed by atoms with Crippen molar-refractivity contribution in [1.29, 1.82) is 0 Å². The van der Waals surface area contributed by atoms with E-state index in [9.17, 15) is 4.39 Å². The SMILES string of the molecule is COC1CCC(=Nc2ccc(F)cc2)CC1. The second kappa shape index (κ2) is 5.21. The van der Waals surface area contributed by atoms with Crippen LogP contribution in [-0.4, -0.2) is 18.9 Å². The van der Waals surface area contributed by atoms with Crippen molar-refractivity contribution in [3.8, 4) is 0 Å². The van der Waals surface area contributed by atoms with Gasteiger partial charge in [-0.05, 0) is 49.9 Å². The highest BCUT2D eigenvalue weighted by atomic mass is 19.1. The van der Waals surface area contributed by atoms with Crippen molar-refractivity contribution in [3.63, 3.8) is 0 Å². The van der Waals surface area contributed by atoms with Crippen molar-refractivity contribution in [2.24, 2.45) is 4.99 Å². The smallest absolute Gasteiger partial charge is 0.123 e. The first kappa shape index (κ1) is 11.3. The number of hydrogen-bond acceptors (Lipinski definition) is 2. The van der Waals surface area contributed by atoms with E-state index in [1.54, 1.807) is 19.2 Å². The van der Waals surface area contributed by atoms with Gasteiger partial charge < -0.3 is 4.74 Å². The highest BCUT2D eigenvalue weighted by Gasteiger charge is 2.16. The lowest BCUT2D eigenvalue weighted by molar-refractivity contribution is 0.0863. The summed E-state index contributed by atoms with van der Waals surface area (Å²) in [5.74, 6) is -0.216. The predicted molar refractivity (Wildman–Crippen MR) is 62.8 cm³/mol. The molecule has 0 atom stereocenters. The van der Waals surface area contributed by atoms with Crippen LogP contribution in [0.25, 0.3) is 0 Å². The van der Waals surface area contributed by atoms with Crippen LogP contribution in [0.5, 0.6) is 0 Å². The topological polar surface area (TPSA) is 21.6 Å². The molecule has 0 amide bonds. The molecule has 1 aliphatic rings. The van der Waals surface area contributed by atoms with Crippen LogP contribution in [0.15, 0.2) is 29.3 Å². The van der Waals surface area contributed by atoms with Crippen LogP contribution < -0.4 is 0 Å². The predicted octanol–water partition coefficient (Wildman–Crippen LogP) is 3.49. The van der Waals surface area contributed by atoms with Crippen molar-refractivity contribution in [3.05, 3.63) is 30.1 Å². The van der Waals surface area contributed by atoms with Gasteiger partial charge in [-0.15, -0.1) is 0 Å². The summed E-state index contributed by atoms with van der Waals surface area (Å²) in [6, 6.07) is 6.32. The molecule has 0 radical (unpaired) electrons. The zero-order chi connectivity index (χ0) is 11.4. The summed E-state index contributed by atoms with van der Waals surface area (Å²) in [5, 5.41) is 0. The molecule has 3 heteroatoms. The van der Waals surface area contributed by atoms with Crippen molar-refractivity contribution in [2.75, 3.05) is 7.11 Å². The van der Waals surface area contributed by atoms with Gasteiger partial charge in [0.2, 0.25) is 0 Å². The van der Waals surface area contributed by atoms with Crippen molar-refractivity contribution >= 4 is 11.4 Å². The summed E-state index contributed by atoms with van der Waals surface area (Å²) in [6.07, 6.45) is 4.42. The van der Waals surface area contributed by atoms with E-state index >= 15 is 0 Å². The Kier molecular flexibility index (Phi) is 3.67. The maximum absolute atomic E-state index is 12.7. The molecular weight excluding hydrogens is 205 g/mol. The molecule has 0 spiro atoms. The second-order valence-electron chi connectivity index (χ2n) is 4.09. The van der Waals surface area contributed by atoms with Crippen LogP contribution >= 0.6 is 0 Å².